The number of aliphatic hydroxyl groups is 1. The monoisotopic (exact) mass is 211 g/mol. The van der Waals surface area contributed by atoms with Gasteiger partial charge < -0.3 is 5.11 Å². The van der Waals surface area contributed by atoms with Crippen molar-refractivity contribution in [2.45, 2.75) is 12.5 Å². The molecule has 1 atom stereocenters. The molecule has 4 nitrogen and oxygen atoms in total. The molecule has 0 unspecified atom stereocenters. The first-order chi connectivity index (χ1) is 6.58. The van der Waals surface area contributed by atoms with Gasteiger partial charge in [-0.2, -0.15) is 0 Å². The Balaban J connectivity index is 3.02. The molecule has 0 spiro atoms. The Kier molecular flexibility index (Phi) is 3.36. The summed E-state index contributed by atoms with van der Waals surface area (Å²) in [4.78, 5) is 2.60. The highest BCUT2D eigenvalue weighted by Crippen LogP contribution is 2.27. The van der Waals surface area contributed by atoms with E-state index in [9.17, 15) is 5.11 Å². The topological polar surface area (TPSA) is 69.0 Å². The van der Waals surface area contributed by atoms with Gasteiger partial charge in [0.1, 0.15) is 0 Å². The summed E-state index contributed by atoms with van der Waals surface area (Å²) in [6.07, 6.45) is 0. The fourth-order valence-corrected chi connectivity index (χ4v) is 1.49. The minimum atomic E-state index is -1.22. The van der Waals surface area contributed by atoms with Gasteiger partial charge in [0.25, 0.3) is 0 Å². The molecule has 0 aliphatic carbocycles. The Morgan fingerprint density at radius 2 is 2.21 bits per heavy atom. The Labute approximate surface area is 86.8 Å². The van der Waals surface area contributed by atoms with Crippen molar-refractivity contribution in [2.24, 2.45) is 5.11 Å². The molecule has 0 bridgehead atoms. The first-order valence-electron chi connectivity index (χ1n) is 4.06. The summed E-state index contributed by atoms with van der Waals surface area (Å²) in [7, 11) is 0. The molecular formula is C9H10ClN3O. The fraction of sp³-hybridized carbons (Fsp3) is 0.333. The summed E-state index contributed by atoms with van der Waals surface area (Å²) >= 11 is 5.89. The van der Waals surface area contributed by atoms with Gasteiger partial charge in [0, 0.05) is 15.5 Å². The molecule has 1 N–H and O–H groups in total. The highest BCUT2D eigenvalue weighted by Gasteiger charge is 2.24. The standard InChI is InChI=1S/C9H10ClN3O/c1-9(14,6-12-13-11)7-4-2-3-5-8(7)10/h2-5,14H,6H2,1H3/t9-/m1/s1. The van der Waals surface area contributed by atoms with Gasteiger partial charge in [-0.1, -0.05) is 34.9 Å². The van der Waals surface area contributed by atoms with Gasteiger partial charge in [0.2, 0.25) is 0 Å². The van der Waals surface area contributed by atoms with Crippen LogP contribution in [0, 0.1) is 0 Å². The van der Waals surface area contributed by atoms with Gasteiger partial charge in [0.05, 0.1) is 12.1 Å². The molecule has 0 heterocycles. The Hall–Kier alpha value is -1.22. The second-order valence-corrected chi connectivity index (χ2v) is 3.55. The smallest absolute Gasteiger partial charge is 0.0939 e. The molecule has 0 amide bonds. The first kappa shape index (κ1) is 10.9. The van der Waals surface area contributed by atoms with E-state index in [1.54, 1.807) is 31.2 Å². The maximum atomic E-state index is 9.95. The van der Waals surface area contributed by atoms with E-state index in [1.165, 1.54) is 0 Å². The Bertz CT molecular complexity index is 372. The van der Waals surface area contributed by atoms with Crippen molar-refractivity contribution in [3.05, 3.63) is 45.3 Å². The predicted octanol–water partition coefficient (Wildman–Crippen LogP) is 2.86. The maximum absolute atomic E-state index is 9.95. The van der Waals surface area contributed by atoms with Crippen LogP contribution in [0.3, 0.4) is 0 Å². The van der Waals surface area contributed by atoms with E-state index < -0.39 is 5.60 Å². The van der Waals surface area contributed by atoms with E-state index in [4.69, 9.17) is 17.1 Å². The van der Waals surface area contributed by atoms with Gasteiger partial charge in [-0.15, -0.1) is 0 Å². The summed E-state index contributed by atoms with van der Waals surface area (Å²) < 4.78 is 0. The summed E-state index contributed by atoms with van der Waals surface area (Å²) in [5.41, 5.74) is 7.51. The molecule has 0 saturated heterocycles. The third kappa shape index (κ3) is 2.39. The minimum absolute atomic E-state index is 0.0345. The number of azide groups is 1. The number of hydrogen-bond acceptors (Lipinski definition) is 2. The lowest BCUT2D eigenvalue weighted by atomic mass is 9.96. The van der Waals surface area contributed by atoms with Crippen LogP contribution in [0.25, 0.3) is 10.4 Å². The first-order valence-corrected chi connectivity index (χ1v) is 4.44. The number of nitrogens with zero attached hydrogens (tertiary/aromatic N) is 3. The average molecular weight is 212 g/mol. The zero-order valence-electron chi connectivity index (χ0n) is 7.68. The molecule has 74 valence electrons. The van der Waals surface area contributed by atoms with Gasteiger partial charge in [-0.3, -0.25) is 0 Å². The molecule has 0 fully saturated rings. The molecule has 1 aromatic rings. The third-order valence-corrected chi connectivity index (χ3v) is 2.23. The summed E-state index contributed by atoms with van der Waals surface area (Å²) in [6, 6.07) is 6.93. The highest BCUT2D eigenvalue weighted by atomic mass is 35.5. The fourth-order valence-electron chi connectivity index (χ4n) is 1.15. The number of rotatable bonds is 3. The summed E-state index contributed by atoms with van der Waals surface area (Å²) in [5, 5.41) is 13.7. The van der Waals surface area contributed by atoms with E-state index in [-0.39, 0.29) is 6.54 Å². The van der Waals surface area contributed by atoms with Crippen LogP contribution in [0.2, 0.25) is 5.02 Å². The third-order valence-electron chi connectivity index (χ3n) is 1.90. The zero-order chi connectivity index (χ0) is 10.6. The lowest BCUT2D eigenvalue weighted by molar-refractivity contribution is 0.0671. The molecule has 5 heteroatoms. The van der Waals surface area contributed by atoms with Crippen LogP contribution in [0.4, 0.5) is 0 Å². The average Bonchev–Trinajstić information content (AvgIpc) is 2.15. The molecule has 0 saturated carbocycles. The van der Waals surface area contributed by atoms with Crippen LogP contribution >= 0.6 is 11.6 Å². The minimum Gasteiger partial charge on any atom is -0.385 e. The van der Waals surface area contributed by atoms with E-state index >= 15 is 0 Å². The van der Waals surface area contributed by atoms with E-state index in [0.29, 0.717) is 10.6 Å². The van der Waals surface area contributed by atoms with Crippen LogP contribution in [-0.2, 0) is 5.60 Å². The van der Waals surface area contributed by atoms with Crippen LogP contribution in [0.5, 0.6) is 0 Å². The van der Waals surface area contributed by atoms with Gasteiger partial charge >= 0.3 is 0 Å². The SMILES string of the molecule is C[C@@](O)(CN=[N+]=[N-])c1ccccc1Cl. The largest absolute Gasteiger partial charge is 0.385 e. The summed E-state index contributed by atoms with van der Waals surface area (Å²) in [6.45, 7) is 1.52. The van der Waals surface area contributed by atoms with Crippen molar-refractivity contribution < 1.29 is 5.11 Å². The molecule has 14 heavy (non-hydrogen) atoms. The van der Waals surface area contributed by atoms with E-state index in [1.807, 2.05) is 0 Å². The quantitative estimate of drug-likeness (QED) is 0.466. The molecule has 0 aromatic heterocycles. The molecule has 0 aliphatic rings. The van der Waals surface area contributed by atoms with Crippen LogP contribution in [0.1, 0.15) is 12.5 Å². The van der Waals surface area contributed by atoms with Crippen LogP contribution in [-0.4, -0.2) is 11.7 Å². The predicted molar refractivity (Wildman–Crippen MR) is 55.0 cm³/mol. The molecular weight excluding hydrogens is 202 g/mol. The zero-order valence-corrected chi connectivity index (χ0v) is 8.44. The molecule has 1 rings (SSSR count). The molecule has 0 aliphatic heterocycles. The molecule has 0 radical (unpaired) electrons. The Morgan fingerprint density at radius 1 is 1.57 bits per heavy atom. The number of hydrogen-bond donors (Lipinski definition) is 1. The van der Waals surface area contributed by atoms with Gasteiger partial charge in [-0.25, -0.2) is 0 Å². The van der Waals surface area contributed by atoms with Crippen LogP contribution in [0.15, 0.2) is 29.4 Å². The van der Waals surface area contributed by atoms with E-state index in [2.05, 4.69) is 10.0 Å². The van der Waals surface area contributed by atoms with Crippen molar-refractivity contribution in [1.29, 1.82) is 0 Å². The van der Waals surface area contributed by atoms with Crippen molar-refractivity contribution in [2.75, 3.05) is 6.54 Å². The number of benzene rings is 1. The van der Waals surface area contributed by atoms with Gasteiger partial charge in [-0.05, 0) is 18.5 Å². The Morgan fingerprint density at radius 3 is 2.79 bits per heavy atom. The summed E-state index contributed by atoms with van der Waals surface area (Å²) in [5.74, 6) is 0. The van der Waals surface area contributed by atoms with Crippen molar-refractivity contribution in [3.8, 4) is 0 Å². The van der Waals surface area contributed by atoms with Crippen molar-refractivity contribution in [3.63, 3.8) is 0 Å². The second kappa shape index (κ2) is 4.33. The van der Waals surface area contributed by atoms with Crippen molar-refractivity contribution in [1.82, 2.24) is 0 Å². The lowest BCUT2D eigenvalue weighted by Gasteiger charge is -2.22. The van der Waals surface area contributed by atoms with Crippen LogP contribution < -0.4 is 0 Å². The van der Waals surface area contributed by atoms with Crippen molar-refractivity contribution >= 4 is 11.6 Å². The maximum Gasteiger partial charge on any atom is 0.0939 e. The lowest BCUT2D eigenvalue weighted by Crippen LogP contribution is -2.25. The van der Waals surface area contributed by atoms with E-state index in [0.717, 1.165) is 0 Å². The highest BCUT2D eigenvalue weighted by molar-refractivity contribution is 6.31. The van der Waals surface area contributed by atoms with Gasteiger partial charge in [0.15, 0.2) is 0 Å². The number of halogens is 1. The molecule has 1 aromatic carbocycles. The normalized spacial score (nSPS) is 14.2. The second-order valence-electron chi connectivity index (χ2n) is 3.14.